The molecule has 0 saturated heterocycles. The second-order valence-electron chi connectivity index (χ2n) is 0. The molecule has 0 aromatic heterocycles. The molecule has 0 unspecified atom stereocenters. The molecule has 0 amide bonds. The van der Waals surface area contributed by atoms with Gasteiger partial charge >= 0.3 is 87.9 Å². The van der Waals surface area contributed by atoms with Gasteiger partial charge in [0, 0.05) is 0 Å². The van der Waals surface area contributed by atoms with E-state index >= 15 is 0 Å². The predicted octanol–water partition coefficient (Wildman–Crippen LogP) is -2.52. The Hall–Kier alpha value is 0.229. The Balaban J connectivity index is -0.00000000379. The quantitative estimate of drug-likeness (QED) is 0.360. The summed E-state index contributed by atoms with van der Waals surface area (Å²) in [6, 6.07) is 0. The van der Waals surface area contributed by atoms with Crippen molar-refractivity contribution in [1.82, 2.24) is 0 Å². The number of hydrogen-bond donors (Lipinski definition) is 0. The van der Waals surface area contributed by atoms with Crippen LogP contribution in [0.15, 0.2) is 0 Å². The number of nitrogens with zero attached hydrogens (tertiary/aromatic N) is 5. The summed E-state index contributed by atoms with van der Waals surface area (Å²) < 4.78 is 0. The third-order valence-electron chi connectivity index (χ3n) is 0. The smallest absolute Gasteiger partial charge is 0.512 e. The van der Waals surface area contributed by atoms with Crippen LogP contribution in [0.2, 0.25) is 0 Å². The summed E-state index contributed by atoms with van der Waals surface area (Å²) in [5.74, 6) is 0. The summed E-state index contributed by atoms with van der Waals surface area (Å²) in [4.78, 5) is 0. The minimum atomic E-state index is 0. The van der Waals surface area contributed by atoms with Gasteiger partial charge in [-0.3, -0.25) is 0 Å². The van der Waals surface area contributed by atoms with E-state index in [2.05, 4.69) is 0 Å². The van der Waals surface area contributed by atoms with Crippen LogP contribution in [0.4, 0.5) is 0 Å². The van der Waals surface area contributed by atoms with Crippen molar-refractivity contribution in [2.45, 2.75) is 0 Å². The Morgan fingerprint density at radius 3 is 0.462 bits per heavy atom. The summed E-state index contributed by atoms with van der Waals surface area (Å²) in [6.07, 6.45) is 0. The fourth-order valence-electron chi connectivity index (χ4n) is 0. The van der Waals surface area contributed by atoms with E-state index in [9.17, 15) is 0 Å². The molecule has 0 spiro atoms. The van der Waals surface area contributed by atoms with Gasteiger partial charge in [-0.15, -0.1) is 0 Å². The first-order valence-corrected chi connectivity index (χ1v) is 1.12. The van der Waals surface area contributed by atoms with Crippen molar-refractivity contribution in [1.29, 1.82) is 26.3 Å². The zero-order valence-electron chi connectivity index (χ0n) is 6.80. The topological polar surface area (TPSA) is 119 Å². The summed E-state index contributed by atoms with van der Waals surface area (Å²) in [5, 5.41) is 31.2. The zero-order chi connectivity index (χ0) is 10.0. The fraction of sp³-hybridized carbons (Fsp3) is 0. The molecule has 0 radical (unpaired) electrons. The molecule has 0 aliphatic rings. The van der Waals surface area contributed by atoms with E-state index in [1.807, 2.05) is 0 Å². The Kier molecular flexibility index (Phi) is 163000. The van der Waals surface area contributed by atoms with E-state index in [0.717, 1.165) is 0 Å². The van der Waals surface area contributed by atoms with Gasteiger partial charge in [-0.2, -0.15) is 0 Å². The van der Waals surface area contributed by atoms with E-state index in [1.165, 1.54) is 0 Å². The Morgan fingerprint density at radius 2 is 0.462 bits per heavy atom. The molecule has 13 heavy (non-hydrogen) atoms. The molecule has 0 atom stereocenters. The van der Waals surface area contributed by atoms with Gasteiger partial charge in [-0.05, 0) is 0 Å². The minimum Gasteiger partial charge on any atom is -0.512 e. The van der Waals surface area contributed by atoms with Crippen molar-refractivity contribution in [3.05, 3.63) is 32.9 Å². The summed E-state index contributed by atoms with van der Waals surface area (Å²) in [6.45, 7) is 23.8. The van der Waals surface area contributed by atoms with Gasteiger partial charge in [0.05, 0.1) is 0 Å². The molecule has 0 rings (SSSR count). The van der Waals surface area contributed by atoms with E-state index in [4.69, 9.17) is 59.2 Å². The van der Waals surface area contributed by atoms with Crippen LogP contribution in [0.25, 0.3) is 0 Å². The van der Waals surface area contributed by atoms with E-state index in [-0.39, 0.29) is 87.9 Å². The first-order valence-electron chi connectivity index (χ1n) is 1.12. The number of rotatable bonds is 0. The van der Waals surface area contributed by atoms with Gasteiger partial charge in [0.25, 0.3) is 0 Å². The largest absolute Gasteiger partial charge is 2.00 e. The van der Waals surface area contributed by atoms with Crippen LogP contribution in [-0.2, 0) is 36.5 Å². The van der Waals surface area contributed by atoms with Gasteiger partial charge < -0.3 is 59.2 Å². The van der Waals surface area contributed by atoms with Crippen LogP contribution in [0.1, 0.15) is 0 Å². The van der Waals surface area contributed by atoms with Gasteiger partial charge in [0.2, 0.25) is 0 Å². The molecule has 0 aromatic rings. The van der Waals surface area contributed by atoms with Gasteiger partial charge in [0.15, 0.2) is 0 Å². The maximum atomic E-state index is 6.25. The van der Waals surface area contributed by atoms with Crippen LogP contribution in [0.5, 0.6) is 0 Å². The van der Waals surface area contributed by atoms with E-state index in [0.29, 0.717) is 0 Å². The number of hydrogen-bond acceptors (Lipinski definition) is 5. The molecule has 0 aliphatic carbocycles. The normalized spacial score (nSPS) is 0.769. The standard InChI is InChI=1S/5CN.Fe.K.Zn/c5*1-2;;;/q5*-1;+2;+1;+2. The molecule has 0 N–H and O–H groups in total. The molecule has 0 saturated carbocycles. The maximum absolute atomic E-state index is 6.25. The second kappa shape index (κ2) is 29300. The van der Waals surface area contributed by atoms with Gasteiger partial charge in [-0.25, -0.2) is 0 Å². The average molecular weight is 290 g/mol. The van der Waals surface area contributed by atoms with Crippen molar-refractivity contribution in [3.8, 4) is 0 Å². The Morgan fingerprint density at radius 1 is 0.462 bits per heavy atom. The zero-order valence-corrected chi connectivity index (χ0v) is 14.0. The van der Waals surface area contributed by atoms with Crippen molar-refractivity contribution in [2.75, 3.05) is 0 Å². The Bertz CT molecular complexity index is 83.5. The average Bonchev–Trinajstić information content (AvgIpc) is 2.20. The third-order valence-corrected chi connectivity index (χ3v) is 0. The minimum absolute atomic E-state index is 0. The first kappa shape index (κ1) is 72.4. The van der Waals surface area contributed by atoms with Crippen molar-refractivity contribution in [3.63, 3.8) is 0 Å². The molecule has 0 fully saturated rings. The van der Waals surface area contributed by atoms with Crippen LogP contribution in [0.3, 0.4) is 0 Å². The summed E-state index contributed by atoms with van der Waals surface area (Å²) in [7, 11) is 0. The molecule has 5 nitrogen and oxygen atoms in total. The maximum Gasteiger partial charge on any atom is 2.00 e. The van der Waals surface area contributed by atoms with Crippen molar-refractivity contribution < 1.29 is 87.9 Å². The third kappa shape index (κ3) is 24400. The molecular weight excluding hydrogens is 290 g/mol. The second-order valence-corrected chi connectivity index (χ2v) is 0. The molecular formula is C5FeKN5Zn. The molecule has 56 valence electrons. The van der Waals surface area contributed by atoms with Crippen molar-refractivity contribution >= 4 is 0 Å². The molecule has 0 aliphatic heterocycles. The fourth-order valence-corrected chi connectivity index (χ4v) is 0. The van der Waals surface area contributed by atoms with E-state index < -0.39 is 0 Å². The molecule has 0 aromatic carbocycles. The van der Waals surface area contributed by atoms with Crippen LogP contribution in [0, 0.1) is 59.2 Å². The molecule has 8 heteroatoms. The summed E-state index contributed by atoms with van der Waals surface area (Å²) >= 11 is 0. The molecule has 0 bridgehead atoms. The Labute approximate surface area is 145 Å². The van der Waals surface area contributed by atoms with Crippen LogP contribution in [-0.4, -0.2) is 0 Å². The SMILES string of the molecule is [C-]#N.[C-]#N.[C-]#N.[C-]#N.[C-]#N.[Fe+2].[K+].[Zn+2]. The van der Waals surface area contributed by atoms with Crippen LogP contribution >= 0.6 is 0 Å². The van der Waals surface area contributed by atoms with Crippen molar-refractivity contribution in [2.24, 2.45) is 0 Å². The molecule has 0 heterocycles. The van der Waals surface area contributed by atoms with Gasteiger partial charge in [-0.1, -0.05) is 0 Å². The first-order chi connectivity index (χ1) is 5.00. The van der Waals surface area contributed by atoms with Crippen LogP contribution < -0.4 is 51.4 Å². The summed E-state index contributed by atoms with van der Waals surface area (Å²) in [5.41, 5.74) is 0. The van der Waals surface area contributed by atoms with Gasteiger partial charge in [0.1, 0.15) is 0 Å². The van der Waals surface area contributed by atoms with E-state index in [1.54, 1.807) is 0 Å². The monoisotopic (exact) mass is 289 g/mol. The predicted molar refractivity (Wildman–Crippen MR) is 24.8 cm³/mol.